The van der Waals surface area contributed by atoms with Gasteiger partial charge in [-0.1, -0.05) is 0 Å². The zero-order chi connectivity index (χ0) is 59.9. The Balaban J connectivity index is 0.899. The van der Waals surface area contributed by atoms with Crippen LogP contribution >= 0.6 is 0 Å². The fourth-order valence-corrected chi connectivity index (χ4v) is 8.08. The van der Waals surface area contributed by atoms with Crippen LogP contribution in [-0.2, 0) is 73.2 Å². The second-order valence-corrected chi connectivity index (χ2v) is 19.9. The van der Waals surface area contributed by atoms with E-state index in [0.29, 0.717) is 11.5 Å². The molecule has 0 aliphatic carbocycles. The lowest BCUT2D eigenvalue weighted by atomic mass is 10.1. The van der Waals surface area contributed by atoms with E-state index in [2.05, 4.69) is 62.8 Å². The minimum Gasteiger partial charge on any atom is -0.477 e. The number of aromatic carboxylic acids is 1. The van der Waals surface area contributed by atoms with E-state index < -0.39 is 71.0 Å². The third kappa shape index (κ3) is 15.1. The molecule has 432 valence electrons. The van der Waals surface area contributed by atoms with Crippen LogP contribution in [0.25, 0.3) is 0 Å². The first-order valence-electron chi connectivity index (χ1n) is 25.0. The summed E-state index contributed by atoms with van der Waals surface area (Å²) in [5.41, 5.74) is 0.278. The average molecular weight is 1130 g/mol. The maximum Gasteiger partial charge on any atom is 0.408 e. The highest BCUT2D eigenvalue weighted by atomic mass is 16.6. The largest absolute Gasteiger partial charge is 0.477 e. The molecule has 31 heteroatoms. The molecule has 0 bridgehead atoms. The fourth-order valence-electron chi connectivity index (χ4n) is 8.08. The van der Waals surface area contributed by atoms with Gasteiger partial charge in [0.15, 0.2) is 17.5 Å². The molecule has 82 heavy (non-hydrogen) atoms. The number of amides is 9. The quantitative estimate of drug-likeness (QED) is 0.0492. The molecule has 0 aromatic carbocycles. The number of carboxylic acid groups (broad SMARTS) is 1. The summed E-state index contributed by atoms with van der Waals surface area (Å²) in [7, 11) is 11.1. The lowest BCUT2D eigenvalue weighted by Gasteiger charge is -2.23. The maximum atomic E-state index is 13.8. The highest BCUT2D eigenvalue weighted by molar-refractivity contribution is 6.08. The van der Waals surface area contributed by atoms with Crippen molar-refractivity contribution in [1.82, 2.24) is 52.2 Å². The number of carbonyl (C=O) groups excluding carboxylic acids is 9. The molecule has 0 saturated heterocycles. The molecule has 7 rings (SSSR count). The summed E-state index contributed by atoms with van der Waals surface area (Å²) in [5, 5.41) is 33.0. The van der Waals surface area contributed by atoms with Crippen molar-refractivity contribution in [3.63, 3.8) is 0 Å². The molecule has 0 unspecified atom stereocenters. The van der Waals surface area contributed by atoms with E-state index in [9.17, 15) is 53.1 Å². The smallest absolute Gasteiger partial charge is 0.408 e. The number of aryl methyl sites for hydroxylation is 7. The molecule has 9 amide bonds. The first-order valence-corrected chi connectivity index (χ1v) is 25.0. The first kappa shape index (κ1) is 58.9. The summed E-state index contributed by atoms with van der Waals surface area (Å²) in [6.07, 6.45) is 10.0. The zero-order valence-electron chi connectivity index (χ0n) is 46.2. The molecule has 0 aliphatic rings. The predicted molar refractivity (Wildman–Crippen MR) is 296 cm³/mol. The van der Waals surface area contributed by atoms with Crippen LogP contribution in [0.4, 0.5) is 50.9 Å². The van der Waals surface area contributed by atoms with Crippen LogP contribution in [0.15, 0.2) is 73.8 Å². The standard InChI is InChI=1S/C51H61N19O12/c1-51(2,3)82-50(81)57-31(11-12-40(73)63-49-61-35(26-70(49)10)58-38(71)13-14-39(72)62-37-20-30(24-68(37)8)56-46(77)41-52-15-16-64(41)4)43(74)53-27-17-33(66(6)21-27)45(76)60-36-25-69(9)42(59-36)47(78)55-28-18-32(65(5)22-28)44(75)54-29-19-34(48(79)80)67(7)23-29/h15-26,31H,11-14H2,1-10H3,(H,53,74)(H,54,75)(H,55,78)(H,56,77)(H,57,81)(H,58,71)(H,60,76)(H,62,72)(H,79,80)(H,61,63,73)/t31-/m0/s1. The Hall–Kier alpha value is -10.8. The number of hydrogen-bond donors (Lipinski definition) is 10. The zero-order valence-corrected chi connectivity index (χ0v) is 46.2. The predicted octanol–water partition coefficient (Wildman–Crippen LogP) is 3.56. The number of nitrogens with zero attached hydrogens (tertiary/aromatic N) is 10. The van der Waals surface area contributed by atoms with Gasteiger partial charge in [0.1, 0.15) is 34.5 Å². The minimum atomic E-state index is -1.34. The van der Waals surface area contributed by atoms with Gasteiger partial charge in [-0.2, -0.15) is 4.98 Å². The van der Waals surface area contributed by atoms with Crippen molar-refractivity contribution in [1.29, 1.82) is 0 Å². The van der Waals surface area contributed by atoms with E-state index in [0.717, 1.165) is 0 Å². The number of hydrogen-bond acceptors (Lipinski definition) is 14. The van der Waals surface area contributed by atoms with Gasteiger partial charge < -0.3 is 84.3 Å². The van der Waals surface area contributed by atoms with Crippen LogP contribution in [0.3, 0.4) is 0 Å². The number of carboxylic acids is 1. The number of nitrogens with one attached hydrogen (secondary N) is 9. The normalized spacial score (nSPS) is 11.5. The molecule has 0 spiro atoms. The SMILES string of the molecule is Cn1cc(NC(=O)c2nccn2C)cc1NC(=O)CCC(=O)Nc1cn(C)c(NC(=O)CC[C@H](NC(=O)OC(C)(C)C)C(=O)Nc2cc(C(=O)Nc3cn(C)c(C(=O)Nc4cc(C(=O)Nc5cc(C(=O)O)n(C)c5)n(C)c4)n3)n(C)c2)n1. The van der Waals surface area contributed by atoms with E-state index in [1.54, 1.807) is 76.6 Å². The Bertz CT molecular complexity index is 3650. The van der Waals surface area contributed by atoms with Crippen LogP contribution in [0.1, 0.15) is 99.2 Å². The Labute approximate surface area is 466 Å². The van der Waals surface area contributed by atoms with Crippen molar-refractivity contribution in [3.8, 4) is 0 Å². The minimum absolute atomic E-state index is 0.00305. The third-order valence-electron chi connectivity index (χ3n) is 12.0. The molecular weight excluding hydrogens is 1070 g/mol. The van der Waals surface area contributed by atoms with E-state index in [4.69, 9.17) is 4.74 Å². The monoisotopic (exact) mass is 1130 g/mol. The second kappa shape index (κ2) is 24.5. The third-order valence-corrected chi connectivity index (χ3v) is 12.0. The molecule has 7 aromatic heterocycles. The number of anilines is 8. The van der Waals surface area contributed by atoms with Crippen molar-refractivity contribution < 1.29 is 57.8 Å². The van der Waals surface area contributed by atoms with E-state index in [1.807, 2.05) is 0 Å². The molecular formula is C51H61N19O12. The lowest BCUT2D eigenvalue weighted by molar-refractivity contribution is -0.121. The van der Waals surface area contributed by atoms with Crippen LogP contribution in [-0.4, -0.2) is 123 Å². The van der Waals surface area contributed by atoms with Gasteiger partial charge in [0, 0.05) is 124 Å². The van der Waals surface area contributed by atoms with Gasteiger partial charge in [-0.25, -0.2) is 19.6 Å². The van der Waals surface area contributed by atoms with Crippen molar-refractivity contribution in [2.45, 2.75) is 58.1 Å². The topological polar surface area (TPSA) is 382 Å². The number of imidazole rings is 3. The highest BCUT2D eigenvalue weighted by Crippen LogP contribution is 2.22. The molecule has 1 atom stereocenters. The van der Waals surface area contributed by atoms with Crippen molar-refractivity contribution in [2.24, 2.45) is 49.3 Å². The summed E-state index contributed by atoms with van der Waals surface area (Å²) >= 11 is 0. The summed E-state index contributed by atoms with van der Waals surface area (Å²) < 4.78 is 15.6. The second-order valence-electron chi connectivity index (χ2n) is 19.9. The highest BCUT2D eigenvalue weighted by Gasteiger charge is 2.28. The van der Waals surface area contributed by atoms with Crippen molar-refractivity contribution >= 4 is 105 Å². The Morgan fingerprint density at radius 3 is 1.60 bits per heavy atom. The number of rotatable bonds is 21. The van der Waals surface area contributed by atoms with Gasteiger partial charge in [-0.3, -0.25) is 43.7 Å². The van der Waals surface area contributed by atoms with E-state index in [1.165, 1.54) is 99.4 Å². The average Bonchev–Trinajstić information content (AvgIpc) is 4.49. The van der Waals surface area contributed by atoms with Gasteiger partial charge >= 0.3 is 12.1 Å². The number of ether oxygens (including phenoxy) is 1. The molecule has 7 aromatic rings. The lowest BCUT2D eigenvalue weighted by Crippen LogP contribution is -2.46. The summed E-state index contributed by atoms with van der Waals surface area (Å²) in [4.78, 5) is 142. The molecule has 0 fully saturated rings. The van der Waals surface area contributed by atoms with E-state index >= 15 is 0 Å². The molecule has 7 heterocycles. The first-order chi connectivity index (χ1) is 38.6. The molecule has 0 saturated carbocycles. The van der Waals surface area contributed by atoms with Crippen molar-refractivity contribution in [2.75, 3.05) is 42.5 Å². The Morgan fingerprint density at radius 1 is 0.512 bits per heavy atom. The summed E-state index contributed by atoms with van der Waals surface area (Å²) in [5.74, 6) is -5.35. The van der Waals surface area contributed by atoms with Crippen LogP contribution in [0.2, 0.25) is 0 Å². The molecule has 31 nitrogen and oxygen atoms in total. The Morgan fingerprint density at radius 2 is 1.01 bits per heavy atom. The Kier molecular flexibility index (Phi) is 17.6. The fraction of sp³-hybridized carbons (Fsp3) is 0.314. The van der Waals surface area contributed by atoms with Gasteiger partial charge in [-0.15, -0.1) is 0 Å². The van der Waals surface area contributed by atoms with Gasteiger partial charge in [0.05, 0.1) is 22.7 Å². The van der Waals surface area contributed by atoms with Gasteiger partial charge in [0.2, 0.25) is 35.4 Å². The van der Waals surface area contributed by atoms with Crippen LogP contribution < -0.4 is 47.9 Å². The number of alkyl carbamates (subject to hydrolysis) is 1. The van der Waals surface area contributed by atoms with Gasteiger partial charge in [0.25, 0.3) is 23.6 Å². The number of aromatic nitrogens is 10. The number of carbonyl (C=O) groups is 10. The van der Waals surface area contributed by atoms with Crippen molar-refractivity contribution in [3.05, 3.63) is 103 Å². The maximum absolute atomic E-state index is 13.8. The van der Waals surface area contributed by atoms with Gasteiger partial charge in [-0.05, 0) is 45.4 Å². The molecule has 0 radical (unpaired) electrons. The van der Waals surface area contributed by atoms with Crippen LogP contribution in [0.5, 0.6) is 0 Å². The molecule has 0 aliphatic heterocycles. The van der Waals surface area contributed by atoms with Crippen LogP contribution in [0, 0.1) is 0 Å². The summed E-state index contributed by atoms with van der Waals surface area (Å²) in [6.45, 7) is 4.89. The van der Waals surface area contributed by atoms with E-state index in [-0.39, 0.29) is 89.1 Å². The molecule has 10 N–H and O–H groups in total. The summed E-state index contributed by atoms with van der Waals surface area (Å²) in [6, 6.07) is 4.30.